The second-order valence-corrected chi connectivity index (χ2v) is 4.90. The second-order valence-electron chi connectivity index (χ2n) is 3.75. The molecular weight excluding hydrogens is 224 g/mol. The topological polar surface area (TPSA) is 53.4 Å². The van der Waals surface area contributed by atoms with E-state index in [-0.39, 0.29) is 6.04 Å². The van der Waals surface area contributed by atoms with Crippen molar-refractivity contribution in [2.24, 2.45) is 0 Å². The van der Waals surface area contributed by atoms with Crippen molar-refractivity contribution in [3.05, 3.63) is 30.1 Å². The Morgan fingerprint density at radius 3 is 3.00 bits per heavy atom. The van der Waals surface area contributed by atoms with E-state index >= 15 is 0 Å². The minimum atomic E-state index is -0.721. The maximum atomic E-state index is 11.1. The van der Waals surface area contributed by atoms with Crippen LogP contribution in [0.4, 0.5) is 0 Å². The third-order valence-electron chi connectivity index (χ3n) is 2.66. The van der Waals surface area contributed by atoms with Crippen molar-refractivity contribution in [2.75, 3.05) is 18.1 Å². The number of hydrogen-bond donors (Lipinski definition) is 1. The first-order valence-electron chi connectivity index (χ1n) is 5.21. The molecule has 1 unspecified atom stereocenters. The SMILES string of the molecule is O=C(O)C1CSCCN1Cc1ccncc1. The molecule has 0 amide bonds. The highest BCUT2D eigenvalue weighted by Crippen LogP contribution is 2.18. The third kappa shape index (κ3) is 2.74. The van der Waals surface area contributed by atoms with Gasteiger partial charge >= 0.3 is 5.97 Å². The average molecular weight is 238 g/mol. The lowest BCUT2D eigenvalue weighted by Gasteiger charge is -2.32. The van der Waals surface area contributed by atoms with Gasteiger partial charge in [-0.2, -0.15) is 11.8 Å². The molecule has 5 heteroatoms. The molecule has 0 radical (unpaired) electrons. The monoisotopic (exact) mass is 238 g/mol. The summed E-state index contributed by atoms with van der Waals surface area (Å²) in [6.07, 6.45) is 3.48. The molecular formula is C11H14N2O2S. The van der Waals surface area contributed by atoms with Crippen LogP contribution < -0.4 is 0 Å². The summed E-state index contributed by atoms with van der Waals surface area (Å²) in [6, 6.07) is 3.51. The van der Waals surface area contributed by atoms with Gasteiger partial charge in [-0.05, 0) is 17.7 Å². The molecule has 1 aliphatic rings. The summed E-state index contributed by atoms with van der Waals surface area (Å²) in [5, 5.41) is 9.12. The molecule has 1 saturated heterocycles. The fourth-order valence-electron chi connectivity index (χ4n) is 1.78. The van der Waals surface area contributed by atoms with Crippen LogP contribution >= 0.6 is 11.8 Å². The highest BCUT2D eigenvalue weighted by Gasteiger charge is 2.28. The Balaban J connectivity index is 2.04. The Bertz CT molecular complexity index is 358. The summed E-state index contributed by atoms with van der Waals surface area (Å²) >= 11 is 1.71. The van der Waals surface area contributed by atoms with Gasteiger partial charge in [-0.3, -0.25) is 14.7 Å². The summed E-state index contributed by atoms with van der Waals surface area (Å²) in [4.78, 5) is 17.1. The molecule has 1 aliphatic heterocycles. The number of rotatable bonds is 3. The van der Waals surface area contributed by atoms with Crippen molar-refractivity contribution in [1.82, 2.24) is 9.88 Å². The largest absolute Gasteiger partial charge is 0.480 e. The highest BCUT2D eigenvalue weighted by molar-refractivity contribution is 7.99. The van der Waals surface area contributed by atoms with Crippen LogP contribution in [0.1, 0.15) is 5.56 Å². The maximum Gasteiger partial charge on any atom is 0.321 e. The van der Waals surface area contributed by atoms with Gasteiger partial charge in [0.15, 0.2) is 0 Å². The van der Waals surface area contributed by atoms with Gasteiger partial charge in [0.25, 0.3) is 0 Å². The minimum Gasteiger partial charge on any atom is -0.480 e. The zero-order chi connectivity index (χ0) is 11.4. The maximum absolute atomic E-state index is 11.1. The van der Waals surface area contributed by atoms with Gasteiger partial charge in [-0.25, -0.2) is 0 Å². The van der Waals surface area contributed by atoms with E-state index in [4.69, 9.17) is 5.11 Å². The summed E-state index contributed by atoms with van der Waals surface area (Å²) in [5.74, 6) is 0.969. The Labute approximate surface area is 98.7 Å². The molecule has 16 heavy (non-hydrogen) atoms. The van der Waals surface area contributed by atoms with Gasteiger partial charge in [-0.15, -0.1) is 0 Å². The predicted molar refractivity (Wildman–Crippen MR) is 63.4 cm³/mol. The quantitative estimate of drug-likeness (QED) is 0.854. The van der Waals surface area contributed by atoms with Gasteiger partial charge in [-0.1, -0.05) is 0 Å². The van der Waals surface area contributed by atoms with E-state index < -0.39 is 5.97 Å². The Morgan fingerprint density at radius 2 is 2.31 bits per heavy atom. The number of carboxylic acid groups (broad SMARTS) is 1. The van der Waals surface area contributed by atoms with E-state index in [0.717, 1.165) is 17.9 Å². The van der Waals surface area contributed by atoms with Crippen molar-refractivity contribution in [3.8, 4) is 0 Å². The van der Waals surface area contributed by atoms with Gasteiger partial charge in [0.05, 0.1) is 0 Å². The molecule has 1 aromatic heterocycles. The molecule has 0 aromatic carbocycles. The zero-order valence-electron chi connectivity index (χ0n) is 8.87. The van der Waals surface area contributed by atoms with Crippen LogP contribution in [0.25, 0.3) is 0 Å². The Kier molecular flexibility index (Phi) is 3.79. The van der Waals surface area contributed by atoms with Gasteiger partial charge in [0.1, 0.15) is 6.04 Å². The molecule has 86 valence electrons. The minimum absolute atomic E-state index is 0.355. The fraction of sp³-hybridized carbons (Fsp3) is 0.455. The lowest BCUT2D eigenvalue weighted by Crippen LogP contribution is -2.46. The lowest BCUT2D eigenvalue weighted by atomic mass is 10.2. The summed E-state index contributed by atoms with van der Waals surface area (Å²) in [7, 11) is 0. The van der Waals surface area contributed by atoms with Crippen LogP contribution in [0.2, 0.25) is 0 Å². The first-order valence-corrected chi connectivity index (χ1v) is 6.36. The number of aliphatic carboxylic acids is 1. The van der Waals surface area contributed by atoms with Crippen LogP contribution in [0.15, 0.2) is 24.5 Å². The first kappa shape index (κ1) is 11.4. The number of carbonyl (C=O) groups is 1. The first-order chi connectivity index (χ1) is 7.77. The number of carboxylic acids is 1. The Hall–Kier alpha value is -1.07. The van der Waals surface area contributed by atoms with E-state index in [9.17, 15) is 4.79 Å². The summed E-state index contributed by atoms with van der Waals surface area (Å²) in [5.41, 5.74) is 1.12. The molecule has 1 atom stereocenters. The predicted octanol–water partition coefficient (Wildman–Crippen LogP) is 1.08. The normalized spacial score (nSPS) is 21.9. The number of nitrogens with zero attached hydrogens (tertiary/aromatic N) is 2. The summed E-state index contributed by atoms with van der Waals surface area (Å²) in [6.45, 7) is 1.53. The van der Waals surface area contributed by atoms with Gasteiger partial charge in [0, 0.05) is 37.0 Å². The number of aromatic nitrogens is 1. The molecule has 2 rings (SSSR count). The smallest absolute Gasteiger partial charge is 0.321 e. The molecule has 2 heterocycles. The van der Waals surface area contributed by atoms with Crippen LogP contribution in [0.5, 0.6) is 0 Å². The van der Waals surface area contributed by atoms with E-state index in [0.29, 0.717) is 12.3 Å². The van der Waals surface area contributed by atoms with Crippen molar-refractivity contribution in [3.63, 3.8) is 0 Å². The van der Waals surface area contributed by atoms with Crippen LogP contribution in [0, 0.1) is 0 Å². The van der Waals surface area contributed by atoms with Crippen LogP contribution in [0.3, 0.4) is 0 Å². The van der Waals surface area contributed by atoms with Gasteiger partial charge < -0.3 is 5.11 Å². The molecule has 1 fully saturated rings. The molecule has 4 nitrogen and oxygen atoms in total. The highest BCUT2D eigenvalue weighted by atomic mass is 32.2. The summed E-state index contributed by atoms with van der Waals surface area (Å²) < 4.78 is 0. The van der Waals surface area contributed by atoms with E-state index in [1.165, 1.54) is 0 Å². The van der Waals surface area contributed by atoms with Crippen LogP contribution in [-0.4, -0.2) is 45.1 Å². The molecule has 0 saturated carbocycles. The van der Waals surface area contributed by atoms with Crippen molar-refractivity contribution in [1.29, 1.82) is 0 Å². The van der Waals surface area contributed by atoms with E-state index in [1.807, 2.05) is 17.0 Å². The lowest BCUT2D eigenvalue weighted by molar-refractivity contribution is -0.142. The fourth-order valence-corrected chi connectivity index (χ4v) is 2.88. The van der Waals surface area contributed by atoms with E-state index in [2.05, 4.69) is 4.98 Å². The third-order valence-corrected chi connectivity index (χ3v) is 3.68. The van der Waals surface area contributed by atoms with Crippen LogP contribution in [-0.2, 0) is 11.3 Å². The molecule has 0 spiro atoms. The standard InChI is InChI=1S/C11H14N2O2S/c14-11(15)10-8-16-6-5-13(10)7-9-1-3-12-4-2-9/h1-4,10H,5-8H2,(H,14,15). The molecule has 0 bridgehead atoms. The van der Waals surface area contributed by atoms with Gasteiger partial charge in [0.2, 0.25) is 0 Å². The van der Waals surface area contributed by atoms with Crippen molar-refractivity contribution in [2.45, 2.75) is 12.6 Å². The van der Waals surface area contributed by atoms with Crippen molar-refractivity contribution >= 4 is 17.7 Å². The molecule has 0 aliphatic carbocycles. The Morgan fingerprint density at radius 1 is 1.56 bits per heavy atom. The average Bonchev–Trinajstić information content (AvgIpc) is 2.31. The van der Waals surface area contributed by atoms with E-state index in [1.54, 1.807) is 24.2 Å². The van der Waals surface area contributed by atoms with Crippen molar-refractivity contribution < 1.29 is 9.90 Å². The molecule has 1 aromatic rings. The number of thioether (sulfide) groups is 1. The second kappa shape index (κ2) is 5.32. The number of pyridine rings is 1. The number of hydrogen-bond acceptors (Lipinski definition) is 4. The zero-order valence-corrected chi connectivity index (χ0v) is 9.69. The molecule has 1 N–H and O–H groups in total.